The van der Waals surface area contributed by atoms with Gasteiger partial charge in [-0.3, -0.25) is 0 Å². The van der Waals surface area contributed by atoms with Crippen molar-refractivity contribution in [1.29, 1.82) is 0 Å². The summed E-state index contributed by atoms with van der Waals surface area (Å²) in [6.45, 7) is 0.350. The maximum Gasteiger partial charge on any atom is 0.227 e. The van der Waals surface area contributed by atoms with Crippen LogP contribution in [0.2, 0.25) is 0 Å². The van der Waals surface area contributed by atoms with Gasteiger partial charge in [0.2, 0.25) is 5.88 Å². The van der Waals surface area contributed by atoms with Gasteiger partial charge < -0.3 is 10.5 Å². The van der Waals surface area contributed by atoms with Crippen molar-refractivity contribution in [3.05, 3.63) is 65.9 Å². The standard InChI is InChI=1S/C16H12F2N2O/c17-11-5-12(18)7-13(6-11)21-16-15-4-2-1-3-14(15)10(8-19)9-20-16/h1-7,9H,8,19H2. The molecule has 0 unspecified atom stereocenters. The summed E-state index contributed by atoms with van der Waals surface area (Å²) in [5.41, 5.74) is 6.56. The second-order valence-electron chi connectivity index (χ2n) is 4.55. The van der Waals surface area contributed by atoms with E-state index in [1.165, 1.54) is 0 Å². The number of aromatic nitrogens is 1. The van der Waals surface area contributed by atoms with Gasteiger partial charge in [-0.15, -0.1) is 0 Å². The molecule has 3 aromatic rings. The highest BCUT2D eigenvalue weighted by Crippen LogP contribution is 2.30. The number of ether oxygens (including phenoxy) is 1. The first-order chi connectivity index (χ1) is 10.2. The Morgan fingerprint density at radius 1 is 1.00 bits per heavy atom. The Hall–Kier alpha value is -2.53. The maximum absolute atomic E-state index is 13.2. The minimum atomic E-state index is -0.701. The predicted octanol–water partition coefficient (Wildman–Crippen LogP) is 3.76. The van der Waals surface area contributed by atoms with Gasteiger partial charge in [0.15, 0.2) is 0 Å². The van der Waals surface area contributed by atoms with Gasteiger partial charge in [0.05, 0.1) is 0 Å². The third-order valence-corrected chi connectivity index (χ3v) is 3.11. The van der Waals surface area contributed by atoms with Crippen LogP contribution in [0.3, 0.4) is 0 Å². The fourth-order valence-electron chi connectivity index (χ4n) is 2.17. The minimum Gasteiger partial charge on any atom is -0.438 e. The summed E-state index contributed by atoms with van der Waals surface area (Å²) in [6, 6.07) is 10.4. The largest absolute Gasteiger partial charge is 0.438 e. The van der Waals surface area contributed by atoms with Gasteiger partial charge in [-0.05, 0) is 17.0 Å². The zero-order chi connectivity index (χ0) is 14.8. The fourth-order valence-corrected chi connectivity index (χ4v) is 2.17. The Labute approximate surface area is 120 Å². The van der Waals surface area contributed by atoms with E-state index in [0.717, 1.165) is 34.5 Å². The SMILES string of the molecule is NCc1cnc(Oc2cc(F)cc(F)c2)c2ccccc12. The molecule has 0 saturated carbocycles. The summed E-state index contributed by atoms with van der Waals surface area (Å²) < 4.78 is 31.9. The van der Waals surface area contributed by atoms with E-state index in [1.54, 1.807) is 6.20 Å². The molecule has 21 heavy (non-hydrogen) atoms. The van der Waals surface area contributed by atoms with Crippen molar-refractivity contribution in [2.45, 2.75) is 6.54 Å². The highest BCUT2D eigenvalue weighted by atomic mass is 19.1. The molecule has 0 atom stereocenters. The molecule has 0 aliphatic heterocycles. The molecular formula is C16H12F2N2O. The van der Waals surface area contributed by atoms with E-state index in [4.69, 9.17) is 10.5 Å². The molecule has 1 heterocycles. The second-order valence-corrected chi connectivity index (χ2v) is 4.55. The van der Waals surface area contributed by atoms with Crippen LogP contribution in [-0.4, -0.2) is 4.98 Å². The third kappa shape index (κ3) is 2.68. The lowest BCUT2D eigenvalue weighted by molar-refractivity contribution is 0.456. The van der Waals surface area contributed by atoms with Crippen molar-refractivity contribution in [2.24, 2.45) is 5.73 Å². The maximum atomic E-state index is 13.2. The zero-order valence-electron chi connectivity index (χ0n) is 11.0. The Bertz CT molecular complexity index is 785. The summed E-state index contributed by atoms with van der Waals surface area (Å²) in [6.07, 6.45) is 1.60. The van der Waals surface area contributed by atoms with E-state index in [1.807, 2.05) is 24.3 Å². The van der Waals surface area contributed by atoms with Crippen molar-refractivity contribution in [1.82, 2.24) is 4.98 Å². The summed E-state index contributed by atoms with van der Waals surface area (Å²) in [4.78, 5) is 4.19. The van der Waals surface area contributed by atoms with Crippen LogP contribution in [0.5, 0.6) is 11.6 Å². The van der Waals surface area contributed by atoms with Crippen molar-refractivity contribution in [3.8, 4) is 11.6 Å². The second kappa shape index (κ2) is 5.46. The molecule has 106 valence electrons. The molecule has 2 aromatic carbocycles. The summed E-state index contributed by atoms with van der Waals surface area (Å²) >= 11 is 0. The number of rotatable bonds is 3. The van der Waals surface area contributed by atoms with Crippen molar-refractivity contribution < 1.29 is 13.5 Å². The van der Waals surface area contributed by atoms with Gasteiger partial charge in [0.25, 0.3) is 0 Å². The summed E-state index contributed by atoms with van der Waals surface area (Å²) in [5, 5.41) is 1.65. The molecule has 0 radical (unpaired) electrons. The number of nitrogens with two attached hydrogens (primary N) is 1. The monoisotopic (exact) mass is 286 g/mol. The van der Waals surface area contributed by atoms with Crippen LogP contribution in [0.1, 0.15) is 5.56 Å². The zero-order valence-corrected chi connectivity index (χ0v) is 11.0. The van der Waals surface area contributed by atoms with Crippen molar-refractivity contribution in [2.75, 3.05) is 0 Å². The number of hydrogen-bond donors (Lipinski definition) is 1. The Morgan fingerprint density at radius 2 is 1.67 bits per heavy atom. The van der Waals surface area contributed by atoms with Gasteiger partial charge in [0.1, 0.15) is 17.4 Å². The molecule has 3 rings (SSSR count). The Morgan fingerprint density at radius 3 is 2.33 bits per heavy atom. The first-order valence-electron chi connectivity index (χ1n) is 6.38. The number of halogens is 2. The van der Waals surface area contributed by atoms with E-state index in [0.29, 0.717) is 6.54 Å². The molecule has 1 aromatic heterocycles. The lowest BCUT2D eigenvalue weighted by atomic mass is 10.1. The topological polar surface area (TPSA) is 48.1 Å². The lowest BCUT2D eigenvalue weighted by Crippen LogP contribution is -2.00. The van der Waals surface area contributed by atoms with Crippen LogP contribution in [0.25, 0.3) is 10.8 Å². The van der Waals surface area contributed by atoms with E-state index in [-0.39, 0.29) is 11.6 Å². The van der Waals surface area contributed by atoms with Gasteiger partial charge >= 0.3 is 0 Å². The highest BCUT2D eigenvalue weighted by Gasteiger charge is 2.09. The van der Waals surface area contributed by atoms with Gasteiger partial charge in [-0.1, -0.05) is 18.2 Å². The third-order valence-electron chi connectivity index (χ3n) is 3.11. The van der Waals surface area contributed by atoms with Crippen LogP contribution in [0.15, 0.2) is 48.7 Å². The van der Waals surface area contributed by atoms with Gasteiger partial charge in [0, 0.05) is 36.3 Å². The van der Waals surface area contributed by atoms with Crippen LogP contribution in [0, 0.1) is 11.6 Å². The fraction of sp³-hybridized carbons (Fsp3) is 0.0625. The molecular weight excluding hydrogens is 274 g/mol. The van der Waals surface area contributed by atoms with E-state index in [2.05, 4.69) is 4.98 Å². The summed E-state index contributed by atoms with van der Waals surface area (Å²) in [7, 11) is 0. The van der Waals surface area contributed by atoms with Gasteiger partial charge in [-0.25, -0.2) is 13.8 Å². The van der Waals surface area contributed by atoms with Crippen LogP contribution in [-0.2, 0) is 6.54 Å². The van der Waals surface area contributed by atoms with Crippen LogP contribution >= 0.6 is 0 Å². The molecule has 0 saturated heterocycles. The average Bonchev–Trinajstić information content (AvgIpc) is 2.46. The predicted molar refractivity (Wildman–Crippen MR) is 76.1 cm³/mol. The molecule has 2 N–H and O–H groups in total. The highest BCUT2D eigenvalue weighted by molar-refractivity contribution is 5.89. The minimum absolute atomic E-state index is 0.0608. The van der Waals surface area contributed by atoms with E-state index < -0.39 is 11.6 Å². The number of pyridine rings is 1. The first-order valence-corrected chi connectivity index (χ1v) is 6.38. The van der Waals surface area contributed by atoms with Crippen LogP contribution < -0.4 is 10.5 Å². The molecule has 0 fully saturated rings. The van der Waals surface area contributed by atoms with E-state index in [9.17, 15) is 8.78 Å². The first kappa shape index (κ1) is 13.5. The summed E-state index contributed by atoms with van der Waals surface area (Å²) in [5.74, 6) is -1.06. The molecule has 0 spiro atoms. The molecule has 0 amide bonds. The molecule has 3 nitrogen and oxygen atoms in total. The van der Waals surface area contributed by atoms with Crippen molar-refractivity contribution in [3.63, 3.8) is 0 Å². The van der Waals surface area contributed by atoms with Crippen LogP contribution in [0.4, 0.5) is 8.78 Å². The number of nitrogens with zero attached hydrogens (tertiary/aromatic N) is 1. The number of benzene rings is 2. The number of hydrogen-bond acceptors (Lipinski definition) is 3. The van der Waals surface area contributed by atoms with E-state index >= 15 is 0 Å². The molecule has 0 aliphatic carbocycles. The molecule has 0 bridgehead atoms. The number of fused-ring (bicyclic) bond motifs is 1. The lowest BCUT2D eigenvalue weighted by Gasteiger charge is -2.10. The van der Waals surface area contributed by atoms with Crippen molar-refractivity contribution >= 4 is 10.8 Å². The Kier molecular flexibility index (Phi) is 3.50. The normalized spacial score (nSPS) is 10.8. The smallest absolute Gasteiger partial charge is 0.227 e. The molecule has 5 heteroatoms. The Balaban J connectivity index is 2.09. The molecule has 0 aliphatic rings. The average molecular weight is 286 g/mol. The quantitative estimate of drug-likeness (QED) is 0.797. The van der Waals surface area contributed by atoms with Gasteiger partial charge in [-0.2, -0.15) is 0 Å².